The van der Waals surface area contributed by atoms with Crippen molar-refractivity contribution < 1.29 is 18.3 Å². The fraction of sp³-hybridized carbons (Fsp3) is 0.333. The molecule has 1 fully saturated rings. The maximum Gasteiger partial charge on any atom is 0.262 e. The predicted molar refractivity (Wildman–Crippen MR) is 106 cm³/mol. The van der Waals surface area contributed by atoms with Crippen LogP contribution in [0.25, 0.3) is 11.1 Å². The second-order valence-corrected chi connectivity index (χ2v) is 7.61. The number of ether oxygens (including phenoxy) is 1. The van der Waals surface area contributed by atoms with Crippen LogP contribution in [0.1, 0.15) is 26.2 Å². The van der Waals surface area contributed by atoms with Crippen molar-refractivity contribution in [3.05, 3.63) is 42.0 Å². The van der Waals surface area contributed by atoms with E-state index in [1.54, 1.807) is 13.0 Å². The standard InChI is InChI=1S/C21H20F2N4O2/c1-11-21(28)26-25-20-10-29-19-8-14(12-5-6-15(22)16(23)7-12)17(9-18(19)27(11)20)24-13-3-2-4-13/h5-9,11,13,24H,2-4,10H2,1H3,(H,26,28). The van der Waals surface area contributed by atoms with Gasteiger partial charge in [-0.2, -0.15) is 5.10 Å². The monoisotopic (exact) mass is 398 g/mol. The van der Waals surface area contributed by atoms with Crippen LogP contribution in [0.5, 0.6) is 5.75 Å². The maximum absolute atomic E-state index is 13.9. The number of anilines is 2. The van der Waals surface area contributed by atoms with Gasteiger partial charge in [0.2, 0.25) is 0 Å². The third-order valence-corrected chi connectivity index (χ3v) is 5.75. The Kier molecular flexibility index (Phi) is 4.15. The van der Waals surface area contributed by atoms with Crippen molar-refractivity contribution in [3.8, 4) is 16.9 Å². The first-order valence-corrected chi connectivity index (χ1v) is 9.69. The molecule has 8 heteroatoms. The van der Waals surface area contributed by atoms with Crippen LogP contribution >= 0.6 is 0 Å². The lowest BCUT2D eigenvalue weighted by Crippen LogP contribution is -2.55. The number of fused-ring (bicyclic) bond motifs is 3. The van der Waals surface area contributed by atoms with Crippen molar-refractivity contribution in [1.29, 1.82) is 0 Å². The smallest absolute Gasteiger partial charge is 0.262 e. The van der Waals surface area contributed by atoms with Crippen LogP contribution in [-0.2, 0) is 4.79 Å². The lowest BCUT2D eigenvalue weighted by atomic mass is 9.92. The number of rotatable bonds is 3. The molecular weight excluding hydrogens is 378 g/mol. The number of hydrazone groups is 1. The van der Waals surface area contributed by atoms with Gasteiger partial charge in [0.05, 0.1) is 5.69 Å². The van der Waals surface area contributed by atoms with E-state index in [-0.39, 0.29) is 12.5 Å². The van der Waals surface area contributed by atoms with Gasteiger partial charge in [-0.3, -0.25) is 4.79 Å². The van der Waals surface area contributed by atoms with E-state index in [0.29, 0.717) is 23.2 Å². The number of carbonyl (C=O) groups excluding carboxylic acids is 1. The molecule has 2 aromatic carbocycles. The second-order valence-electron chi connectivity index (χ2n) is 7.61. The van der Waals surface area contributed by atoms with Crippen LogP contribution in [0.2, 0.25) is 0 Å². The average molecular weight is 398 g/mol. The van der Waals surface area contributed by atoms with Gasteiger partial charge in [-0.15, -0.1) is 0 Å². The van der Waals surface area contributed by atoms with Crippen molar-refractivity contribution in [2.45, 2.75) is 38.3 Å². The molecule has 1 aliphatic carbocycles. The fourth-order valence-electron chi connectivity index (χ4n) is 3.87. The molecule has 3 aliphatic rings. The normalized spacial score (nSPS) is 20.7. The lowest BCUT2D eigenvalue weighted by Gasteiger charge is -2.39. The molecule has 1 atom stereocenters. The third kappa shape index (κ3) is 2.99. The zero-order chi connectivity index (χ0) is 20.1. The number of hydrogen-bond acceptors (Lipinski definition) is 5. The van der Waals surface area contributed by atoms with E-state index in [0.717, 1.165) is 42.3 Å². The molecule has 150 valence electrons. The number of halogens is 2. The van der Waals surface area contributed by atoms with Crippen LogP contribution < -0.4 is 20.4 Å². The highest BCUT2D eigenvalue weighted by Gasteiger charge is 2.36. The summed E-state index contributed by atoms with van der Waals surface area (Å²) in [5.41, 5.74) is 5.31. The van der Waals surface area contributed by atoms with Gasteiger partial charge >= 0.3 is 0 Å². The van der Waals surface area contributed by atoms with Crippen LogP contribution in [0.15, 0.2) is 35.4 Å². The minimum absolute atomic E-state index is 0.195. The molecule has 2 aliphatic heterocycles. The number of nitrogens with zero attached hydrogens (tertiary/aromatic N) is 2. The Labute approximate surface area is 166 Å². The summed E-state index contributed by atoms with van der Waals surface area (Å²) in [5, 5.41) is 7.62. The number of amidine groups is 1. The molecule has 6 nitrogen and oxygen atoms in total. The van der Waals surface area contributed by atoms with Crippen LogP contribution in [-0.4, -0.2) is 30.4 Å². The molecule has 0 saturated heterocycles. The topological polar surface area (TPSA) is 66.0 Å². The van der Waals surface area contributed by atoms with Crippen molar-refractivity contribution in [3.63, 3.8) is 0 Å². The summed E-state index contributed by atoms with van der Waals surface area (Å²) in [6.07, 6.45) is 3.27. The van der Waals surface area contributed by atoms with Gasteiger partial charge in [0.1, 0.15) is 18.4 Å². The van der Waals surface area contributed by atoms with Crippen molar-refractivity contribution in [2.75, 3.05) is 16.8 Å². The Bertz CT molecular complexity index is 1040. The minimum atomic E-state index is -0.897. The molecule has 0 aromatic heterocycles. The molecule has 0 bridgehead atoms. The van der Waals surface area contributed by atoms with Crippen molar-refractivity contribution >= 4 is 23.1 Å². The first-order chi connectivity index (χ1) is 14.0. The van der Waals surface area contributed by atoms with Gasteiger partial charge < -0.3 is 15.0 Å². The van der Waals surface area contributed by atoms with E-state index in [1.165, 1.54) is 6.07 Å². The van der Waals surface area contributed by atoms with E-state index in [9.17, 15) is 13.6 Å². The Morgan fingerprint density at radius 2 is 2.03 bits per heavy atom. The van der Waals surface area contributed by atoms with Gasteiger partial charge in [0.25, 0.3) is 5.91 Å². The van der Waals surface area contributed by atoms with Crippen LogP contribution in [0.4, 0.5) is 20.2 Å². The van der Waals surface area contributed by atoms with Gasteiger partial charge in [-0.05, 0) is 56.0 Å². The molecule has 1 amide bonds. The predicted octanol–water partition coefficient (Wildman–Crippen LogP) is 3.63. The largest absolute Gasteiger partial charge is 0.483 e. The summed E-state index contributed by atoms with van der Waals surface area (Å²) in [7, 11) is 0. The summed E-state index contributed by atoms with van der Waals surface area (Å²) in [5.74, 6) is -0.777. The van der Waals surface area contributed by atoms with Gasteiger partial charge in [-0.1, -0.05) is 6.07 Å². The number of amides is 1. The zero-order valence-corrected chi connectivity index (χ0v) is 15.8. The highest BCUT2D eigenvalue weighted by Crippen LogP contribution is 2.43. The third-order valence-electron chi connectivity index (χ3n) is 5.75. The summed E-state index contributed by atoms with van der Waals surface area (Å²) in [6.45, 7) is 2.02. The Morgan fingerprint density at radius 3 is 2.76 bits per heavy atom. The first-order valence-electron chi connectivity index (χ1n) is 9.69. The van der Waals surface area contributed by atoms with E-state index >= 15 is 0 Å². The lowest BCUT2D eigenvalue weighted by molar-refractivity contribution is -0.122. The molecule has 1 unspecified atom stereocenters. The van der Waals surface area contributed by atoms with E-state index in [4.69, 9.17) is 4.74 Å². The second kappa shape index (κ2) is 6.72. The Morgan fingerprint density at radius 1 is 1.21 bits per heavy atom. The maximum atomic E-state index is 13.9. The van der Waals surface area contributed by atoms with Gasteiger partial charge in [0.15, 0.2) is 17.5 Å². The zero-order valence-electron chi connectivity index (χ0n) is 15.8. The number of benzene rings is 2. The summed E-state index contributed by atoms with van der Waals surface area (Å²) in [4.78, 5) is 14.0. The highest BCUT2D eigenvalue weighted by atomic mass is 19.2. The molecule has 0 spiro atoms. The number of carbonyl (C=O) groups is 1. The van der Waals surface area contributed by atoms with E-state index < -0.39 is 17.7 Å². The van der Waals surface area contributed by atoms with Crippen molar-refractivity contribution in [1.82, 2.24) is 5.43 Å². The molecular formula is C21H20F2N4O2. The Balaban J connectivity index is 1.64. The highest BCUT2D eigenvalue weighted by molar-refractivity contribution is 6.10. The van der Waals surface area contributed by atoms with Gasteiger partial charge in [0, 0.05) is 17.3 Å². The fourth-order valence-corrected chi connectivity index (χ4v) is 3.87. The first kappa shape index (κ1) is 17.9. The van der Waals surface area contributed by atoms with E-state index in [1.807, 2.05) is 17.0 Å². The molecule has 2 N–H and O–H groups in total. The minimum Gasteiger partial charge on any atom is -0.483 e. The molecule has 5 rings (SSSR count). The molecule has 2 aromatic rings. The van der Waals surface area contributed by atoms with E-state index in [2.05, 4.69) is 15.8 Å². The van der Waals surface area contributed by atoms with Gasteiger partial charge in [-0.25, -0.2) is 14.2 Å². The molecule has 2 heterocycles. The summed E-state index contributed by atoms with van der Waals surface area (Å²) < 4.78 is 33.2. The Hall–Kier alpha value is -3.16. The number of nitrogens with one attached hydrogen (secondary N) is 2. The quantitative estimate of drug-likeness (QED) is 0.829. The van der Waals surface area contributed by atoms with Crippen LogP contribution in [0, 0.1) is 11.6 Å². The molecule has 1 saturated carbocycles. The average Bonchev–Trinajstić information content (AvgIpc) is 2.68. The summed E-state index contributed by atoms with van der Waals surface area (Å²) in [6, 6.07) is 7.49. The molecule has 0 radical (unpaired) electrons. The SMILES string of the molecule is CC1C(=O)NN=C2COc3cc(-c4ccc(F)c(F)c4)c(NC4CCC4)cc3N21. The molecule has 29 heavy (non-hydrogen) atoms. The number of hydrogen-bond donors (Lipinski definition) is 2. The van der Waals surface area contributed by atoms with Crippen molar-refractivity contribution in [2.24, 2.45) is 5.10 Å². The van der Waals surface area contributed by atoms with Crippen LogP contribution in [0.3, 0.4) is 0 Å². The summed E-state index contributed by atoms with van der Waals surface area (Å²) >= 11 is 0.